The van der Waals surface area contributed by atoms with Gasteiger partial charge < -0.3 is 47.6 Å². The van der Waals surface area contributed by atoms with Crippen LogP contribution in [0.3, 0.4) is 0 Å². The zero-order valence-electron chi connectivity index (χ0n) is 29.4. The predicted octanol–water partition coefficient (Wildman–Crippen LogP) is -1.15. The van der Waals surface area contributed by atoms with Crippen LogP contribution >= 0.6 is 0 Å². The van der Waals surface area contributed by atoms with Crippen LogP contribution in [0.1, 0.15) is 104 Å². The Hall–Kier alpha value is -5.10. The molecule has 5 atom stereocenters. The molecular formula is C33H50N6O13. The summed E-state index contributed by atoms with van der Waals surface area (Å²) in [5.74, 6) is -11.6. The summed E-state index contributed by atoms with van der Waals surface area (Å²) in [6.45, 7) is 3.36. The number of nitrogens with two attached hydrogens (primary N) is 1. The highest BCUT2D eigenvalue weighted by atomic mass is 16.4. The molecule has 0 radical (unpaired) electrons. The number of aliphatic carboxylic acids is 3. The maximum Gasteiger partial charge on any atom is 0.374 e. The summed E-state index contributed by atoms with van der Waals surface area (Å²) in [6.07, 6.45) is 2.21. The Kier molecular flexibility index (Phi) is 16.6. The molecule has 0 spiro atoms. The number of nitrogens with one attached hydrogen (secondary N) is 5. The van der Waals surface area contributed by atoms with E-state index in [4.69, 9.17) is 10.8 Å². The molecule has 19 heteroatoms. The highest BCUT2D eigenvalue weighted by Gasteiger charge is 2.54. The maximum absolute atomic E-state index is 13.8. The molecular weight excluding hydrogens is 688 g/mol. The van der Waals surface area contributed by atoms with Crippen LogP contribution in [0.4, 0.5) is 0 Å². The summed E-state index contributed by atoms with van der Waals surface area (Å²) in [5, 5.41) is 39.5. The zero-order valence-corrected chi connectivity index (χ0v) is 29.4. The highest BCUT2D eigenvalue weighted by Crippen LogP contribution is 2.37. The quantitative estimate of drug-likeness (QED) is 0.0560. The lowest BCUT2D eigenvalue weighted by atomic mass is 9.84. The number of carboxylic acid groups (broad SMARTS) is 3. The van der Waals surface area contributed by atoms with E-state index in [1.54, 1.807) is 13.8 Å². The first-order chi connectivity index (χ1) is 24.4. The minimum atomic E-state index is -1.70. The highest BCUT2D eigenvalue weighted by molar-refractivity contribution is 6.37. The molecule has 52 heavy (non-hydrogen) atoms. The van der Waals surface area contributed by atoms with E-state index in [2.05, 4.69) is 26.6 Å². The molecule has 0 heterocycles. The molecule has 19 nitrogen and oxygen atoms in total. The van der Waals surface area contributed by atoms with Crippen LogP contribution in [0.5, 0.6) is 0 Å². The minimum Gasteiger partial charge on any atom is -0.481 e. The standard InChI is InChI=1S/C33H50N6O13/c1-3-17(2)26(31(50)37-20(15-18-7-5-4-6-8-18)30(49)39-33(13-14-33)27(46)32(51)52)38-28(47)19(9-11-24(42)43)36-29(48)21(16-22(34)40)35-23(41)10-12-25(44)45/h17-21,26H,3-16H2,1-2H3,(H2,34,40)(H,35,41)(H,36,48)(H,37,50)(H,38,47)(H,39,49)(H,42,43)(H,44,45)(H,51,52)/t17-,19+,20-,21-,26-/m0/s1. The van der Waals surface area contributed by atoms with Crippen molar-refractivity contribution in [2.24, 2.45) is 17.6 Å². The van der Waals surface area contributed by atoms with Crippen molar-refractivity contribution in [3.8, 4) is 0 Å². The Balaban J connectivity index is 2.30. The Morgan fingerprint density at radius 3 is 1.81 bits per heavy atom. The molecule has 6 amide bonds. The molecule has 0 aromatic heterocycles. The van der Waals surface area contributed by atoms with E-state index in [1.165, 1.54) is 0 Å². The van der Waals surface area contributed by atoms with Crippen LogP contribution in [-0.2, 0) is 47.9 Å². The Morgan fingerprint density at radius 2 is 1.29 bits per heavy atom. The normalized spacial score (nSPS) is 17.8. The average molecular weight is 739 g/mol. The van der Waals surface area contributed by atoms with Crippen molar-refractivity contribution in [1.29, 1.82) is 0 Å². The van der Waals surface area contributed by atoms with Gasteiger partial charge in [0.1, 0.15) is 29.7 Å². The number of carbonyl (C=O) groups excluding carboxylic acids is 7. The molecule has 0 aliphatic heterocycles. The first-order valence-electron chi connectivity index (χ1n) is 17.4. The van der Waals surface area contributed by atoms with Gasteiger partial charge >= 0.3 is 17.9 Å². The van der Waals surface area contributed by atoms with Crippen LogP contribution in [0, 0.1) is 11.8 Å². The van der Waals surface area contributed by atoms with E-state index in [-0.39, 0.29) is 25.2 Å². The van der Waals surface area contributed by atoms with Crippen molar-refractivity contribution in [1.82, 2.24) is 26.6 Å². The van der Waals surface area contributed by atoms with Crippen molar-refractivity contribution >= 4 is 59.1 Å². The fourth-order valence-electron chi connectivity index (χ4n) is 5.97. The number of amides is 6. The molecule has 0 bridgehead atoms. The van der Waals surface area contributed by atoms with Gasteiger partial charge in [0.05, 0.1) is 12.8 Å². The Bertz CT molecular complexity index is 1390. The predicted molar refractivity (Wildman–Crippen MR) is 179 cm³/mol. The fourth-order valence-corrected chi connectivity index (χ4v) is 5.97. The third-order valence-electron chi connectivity index (χ3n) is 9.36. The molecule has 0 aromatic rings. The number of Topliss-reactive ketones (excluding diaryl/α,β-unsaturated/α-hetero) is 1. The first kappa shape index (κ1) is 43.1. The van der Waals surface area contributed by atoms with E-state index in [0.29, 0.717) is 6.42 Å². The molecule has 2 aliphatic carbocycles. The molecule has 0 unspecified atom stereocenters. The lowest BCUT2D eigenvalue weighted by Crippen LogP contribution is -2.60. The maximum atomic E-state index is 13.8. The van der Waals surface area contributed by atoms with E-state index >= 15 is 0 Å². The van der Waals surface area contributed by atoms with Gasteiger partial charge in [-0.15, -0.1) is 0 Å². The van der Waals surface area contributed by atoms with Gasteiger partial charge in [-0.2, -0.15) is 0 Å². The molecule has 290 valence electrons. The van der Waals surface area contributed by atoms with Gasteiger partial charge in [-0.3, -0.25) is 43.2 Å². The molecule has 0 saturated heterocycles. The molecule has 10 N–H and O–H groups in total. The monoisotopic (exact) mass is 738 g/mol. The largest absolute Gasteiger partial charge is 0.481 e. The topological polar surface area (TPSA) is 318 Å². The number of carbonyl (C=O) groups is 10. The summed E-state index contributed by atoms with van der Waals surface area (Å²) in [6, 6.07) is -5.77. The van der Waals surface area contributed by atoms with Gasteiger partial charge in [0, 0.05) is 12.8 Å². The van der Waals surface area contributed by atoms with E-state index in [1.807, 2.05) is 0 Å². The minimum absolute atomic E-state index is 0.0420. The third-order valence-corrected chi connectivity index (χ3v) is 9.36. The summed E-state index contributed by atoms with van der Waals surface area (Å²) in [5.41, 5.74) is 3.64. The lowest BCUT2D eigenvalue weighted by Gasteiger charge is -2.31. The third kappa shape index (κ3) is 13.9. The van der Waals surface area contributed by atoms with Crippen molar-refractivity contribution in [2.75, 3.05) is 0 Å². The molecule has 2 aliphatic rings. The number of ketones is 1. The van der Waals surface area contributed by atoms with Gasteiger partial charge in [0.15, 0.2) is 0 Å². The van der Waals surface area contributed by atoms with Crippen LogP contribution in [0.2, 0.25) is 0 Å². The summed E-state index contributed by atoms with van der Waals surface area (Å²) >= 11 is 0. The second-order valence-corrected chi connectivity index (χ2v) is 13.6. The van der Waals surface area contributed by atoms with Crippen LogP contribution in [0.25, 0.3) is 0 Å². The van der Waals surface area contributed by atoms with Crippen molar-refractivity contribution in [3.05, 3.63) is 0 Å². The number of rotatable bonds is 23. The van der Waals surface area contributed by atoms with Crippen molar-refractivity contribution in [3.63, 3.8) is 0 Å². The number of primary amides is 1. The second kappa shape index (κ2) is 20.1. The number of hydrogen-bond acceptors (Lipinski definition) is 10. The summed E-state index contributed by atoms with van der Waals surface area (Å²) in [4.78, 5) is 124. The lowest BCUT2D eigenvalue weighted by molar-refractivity contribution is -0.151. The molecule has 0 aromatic carbocycles. The van der Waals surface area contributed by atoms with E-state index < -0.39 is 127 Å². The van der Waals surface area contributed by atoms with Crippen molar-refractivity contribution < 1.29 is 63.3 Å². The fraction of sp³-hybridized carbons (Fsp3) is 0.697. The van der Waals surface area contributed by atoms with Gasteiger partial charge in [-0.25, -0.2) is 4.79 Å². The molecule has 2 fully saturated rings. The van der Waals surface area contributed by atoms with Crippen molar-refractivity contribution in [2.45, 2.75) is 133 Å². The van der Waals surface area contributed by atoms with Gasteiger partial charge in [0.2, 0.25) is 35.4 Å². The summed E-state index contributed by atoms with van der Waals surface area (Å²) < 4.78 is 0. The SMILES string of the molecule is CC[C@H](C)[C@H](NC(=O)[C@@H](CCC(=O)O)NC(=O)[C@H](CC(N)=O)NC(=O)CCC(=O)O)C(=O)N[C@@H](CC1CCCCC1)C(=O)NC1(C(=O)C(=O)O)CC1. The van der Waals surface area contributed by atoms with Crippen LogP contribution in [0.15, 0.2) is 0 Å². The second-order valence-electron chi connectivity index (χ2n) is 13.6. The Labute approximate surface area is 299 Å². The number of carboxylic acids is 3. The average Bonchev–Trinajstić information content (AvgIpc) is 3.86. The van der Waals surface area contributed by atoms with Gasteiger partial charge in [0.25, 0.3) is 5.78 Å². The van der Waals surface area contributed by atoms with E-state index in [0.717, 1.165) is 32.1 Å². The first-order valence-corrected chi connectivity index (χ1v) is 17.4. The van der Waals surface area contributed by atoms with E-state index in [9.17, 15) is 58.2 Å². The molecule has 2 saturated carbocycles. The Morgan fingerprint density at radius 1 is 0.712 bits per heavy atom. The smallest absolute Gasteiger partial charge is 0.374 e. The number of hydrogen-bond donors (Lipinski definition) is 9. The zero-order chi connectivity index (χ0) is 39.2. The van der Waals surface area contributed by atoms with Crippen LogP contribution < -0.4 is 32.3 Å². The van der Waals surface area contributed by atoms with Gasteiger partial charge in [-0.1, -0.05) is 52.4 Å². The van der Waals surface area contributed by atoms with Crippen LogP contribution in [-0.4, -0.2) is 104 Å². The van der Waals surface area contributed by atoms with Gasteiger partial charge in [-0.05, 0) is 37.5 Å². The summed E-state index contributed by atoms with van der Waals surface area (Å²) in [7, 11) is 0. The molecule has 2 rings (SSSR count).